The van der Waals surface area contributed by atoms with Gasteiger partial charge in [0.25, 0.3) is 0 Å². The minimum absolute atomic E-state index is 0.0915. The summed E-state index contributed by atoms with van der Waals surface area (Å²) >= 11 is 3.40. The lowest BCUT2D eigenvalue weighted by atomic mass is 9.85. The molecule has 0 aliphatic carbocycles. The average molecular weight is 527 g/mol. The first-order chi connectivity index (χ1) is 18.7. The molecule has 2 aromatic heterocycles. The molecule has 2 N–H and O–H groups in total. The van der Waals surface area contributed by atoms with Gasteiger partial charge in [-0.25, -0.2) is 0 Å². The van der Waals surface area contributed by atoms with Crippen molar-refractivity contribution in [3.63, 3.8) is 0 Å². The van der Waals surface area contributed by atoms with Crippen molar-refractivity contribution < 1.29 is 10.2 Å². The van der Waals surface area contributed by atoms with Crippen LogP contribution in [-0.2, 0) is 0 Å². The van der Waals surface area contributed by atoms with Crippen LogP contribution in [-0.4, -0.2) is 10.2 Å². The molecule has 0 unspecified atom stereocenters. The van der Waals surface area contributed by atoms with Gasteiger partial charge < -0.3 is 10.2 Å². The Morgan fingerprint density at radius 2 is 0.947 bits per heavy atom. The third kappa shape index (κ3) is 3.53. The van der Waals surface area contributed by atoms with E-state index in [2.05, 4.69) is 77.5 Å². The third-order valence-corrected chi connectivity index (χ3v) is 9.01. The number of rotatable bonds is 4. The minimum atomic E-state index is -0.120. The lowest BCUT2D eigenvalue weighted by Gasteiger charge is -2.19. The fourth-order valence-electron chi connectivity index (χ4n) is 5.45. The maximum atomic E-state index is 11.4. The van der Waals surface area contributed by atoms with E-state index in [9.17, 15) is 10.2 Å². The number of fused-ring (bicyclic) bond motifs is 2. The molecule has 0 radical (unpaired) electrons. The highest BCUT2D eigenvalue weighted by Gasteiger charge is 2.24. The van der Waals surface area contributed by atoms with Crippen LogP contribution in [0.3, 0.4) is 0 Å². The molecule has 0 atom stereocenters. The maximum Gasteiger partial charge on any atom is 0.166 e. The topological polar surface area (TPSA) is 40.5 Å². The first kappa shape index (κ1) is 22.8. The van der Waals surface area contributed by atoms with Gasteiger partial charge in [-0.3, -0.25) is 0 Å². The predicted molar refractivity (Wildman–Crippen MR) is 162 cm³/mol. The molecule has 0 saturated carbocycles. The van der Waals surface area contributed by atoms with Crippen LogP contribution in [0.4, 0.5) is 0 Å². The van der Waals surface area contributed by atoms with Gasteiger partial charge in [0.05, 0.1) is 0 Å². The van der Waals surface area contributed by atoms with Crippen LogP contribution >= 0.6 is 22.7 Å². The van der Waals surface area contributed by atoms with Crippen LogP contribution < -0.4 is 0 Å². The Morgan fingerprint density at radius 3 is 1.53 bits per heavy atom. The van der Waals surface area contributed by atoms with Crippen LogP contribution in [0, 0.1) is 0 Å². The second kappa shape index (κ2) is 9.18. The number of thiophene rings is 2. The summed E-state index contributed by atoms with van der Waals surface area (Å²) in [5, 5.41) is 30.1. The van der Waals surface area contributed by atoms with Gasteiger partial charge in [0, 0.05) is 31.8 Å². The summed E-state index contributed by atoms with van der Waals surface area (Å²) in [4.78, 5) is 2.31. The average Bonchev–Trinajstić information content (AvgIpc) is 3.65. The Hall–Kier alpha value is -4.38. The van der Waals surface area contributed by atoms with Crippen LogP contribution in [0.5, 0.6) is 11.5 Å². The molecule has 0 aliphatic heterocycles. The zero-order valence-electron chi connectivity index (χ0n) is 20.3. The Bertz CT molecular complexity index is 1930. The molecule has 0 fully saturated rings. The van der Waals surface area contributed by atoms with Crippen LogP contribution in [0.2, 0.25) is 0 Å². The number of aromatic hydroxyl groups is 2. The van der Waals surface area contributed by atoms with E-state index in [4.69, 9.17) is 0 Å². The van der Waals surface area contributed by atoms with Crippen molar-refractivity contribution >= 4 is 44.2 Å². The van der Waals surface area contributed by atoms with Gasteiger partial charge in [-0.05, 0) is 67.9 Å². The normalized spacial score (nSPS) is 11.4. The molecule has 182 valence electrons. The van der Waals surface area contributed by atoms with E-state index in [1.54, 1.807) is 28.7 Å². The zero-order chi connectivity index (χ0) is 25.6. The van der Waals surface area contributed by atoms with Crippen molar-refractivity contribution in [3.05, 3.63) is 120 Å². The zero-order valence-corrected chi connectivity index (χ0v) is 21.9. The van der Waals surface area contributed by atoms with E-state index in [-0.39, 0.29) is 11.5 Å². The van der Waals surface area contributed by atoms with E-state index in [0.29, 0.717) is 5.39 Å². The molecular weight excluding hydrogens is 505 g/mol. The van der Waals surface area contributed by atoms with E-state index in [0.717, 1.165) is 54.4 Å². The molecule has 0 saturated heterocycles. The van der Waals surface area contributed by atoms with Crippen LogP contribution in [0.15, 0.2) is 120 Å². The molecule has 38 heavy (non-hydrogen) atoms. The van der Waals surface area contributed by atoms with Gasteiger partial charge in [0.1, 0.15) is 0 Å². The summed E-state index contributed by atoms with van der Waals surface area (Å²) in [6.45, 7) is 0. The Kier molecular flexibility index (Phi) is 5.50. The Morgan fingerprint density at radius 1 is 0.447 bits per heavy atom. The quantitative estimate of drug-likeness (QED) is 0.177. The monoisotopic (exact) mass is 526 g/mol. The van der Waals surface area contributed by atoms with E-state index >= 15 is 0 Å². The summed E-state index contributed by atoms with van der Waals surface area (Å²) in [5.41, 5.74) is 6.44. The van der Waals surface area contributed by atoms with Gasteiger partial charge in [-0.2, -0.15) is 0 Å². The van der Waals surface area contributed by atoms with E-state index in [1.165, 1.54) is 4.88 Å². The first-order valence-electron chi connectivity index (χ1n) is 12.4. The van der Waals surface area contributed by atoms with Gasteiger partial charge >= 0.3 is 0 Å². The van der Waals surface area contributed by atoms with Crippen LogP contribution in [0.25, 0.3) is 64.7 Å². The molecule has 0 bridgehead atoms. The molecule has 0 amide bonds. The molecular formula is C34H22O2S2. The lowest BCUT2D eigenvalue weighted by Crippen LogP contribution is -1.92. The van der Waals surface area contributed by atoms with Gasteiger partial charge in [-0.1, -0.05) is 84.9 Å². The first-order valence-corrected chi connectivity index (χ1v) is 14.1. The summed E-state index contributed by atoms with van der Waals surface area (Å²) in [7, 11) is 0. The number of phenols is 2. The van der Waals surface area contributed by atoms with Crippen molar-refractivity contribution in [1.82, 2.24) is 0 Å². The molecule has 0 spiro atoms. The molecule has 4 heteroatoms. The fourth-order valence-corrected chi connectivity index (χ4v) is 7.27. The largest absolute Gasteiger partial charge is 0.504 e. The molecule has 2 nitrogen and oxygen atoms in total. The van der Waals surface area contributed by atoms with Gasteiger partial charge in [0.2, 0.25) is 0 Å². The highest BCUT2D eigenvalue weighted by Crippen LogP contribution is 2.53. The number of phenolic OH excluding ortho intramolecular Hbond substituents is 2. The molecule has 7 rings (SSSR count). The Labute approximate surface area is 228 Å². The smallest absolute Gasteiger partial charge is 0.166 e. The summed E-state index contributed by atoms with van der Waals surface area (Å²) in [6.07, 6.45) is 0. The number of hydrogen-bond donors (Lipinski definition) is 2. The highest BCUT2D eigenvalue weighted by molar-refractivity contribution is 7.14. The number of hydrogen-bond acceptors (Lipinski definition) is 4. The number of benzene rings is 5. The standard InChI is InChI=1S/C34H22O2S2/c35-28-16-15-25-29(26-17-19-37-33(26)21-9-3-1-4-10-21)23-13-7-8-14-24(23)30(31(25)32(28)36)27-18-20-38-34(27)22-11-5-2-6-12-22/h1-20,35-36H. The van der Waals surface area contributed by atoms with Crippen molar-refractivity contribution in [2.45, 2.75) is 0 Å². The van der Waals surface area contributed by atoms with E-state index in [1.807, 2.05) is 36.4 Å². The second-order valence-corrected chi connectivity index (χ2v) is 11.0. The summed E-state index contributed by atoms with van der Waals surface area (Å²) < 4.78 is 0. The fraction of sp³-hybridized carbons (Fsp3) is 0. The van der Waals surface area contributed by atoms with Gasteiger partial charge in [0.15, 0.2) is 11.5 Å². The third-order valence-electron chi connectivity index (χ3n) is 7.08. The molecule has 7 aromatic rings. The minimum Gasteiger partial charge on any atom is -0.504 e. The van der Waals surface area contributed by atoms with Gasteiger partial charge in [-0.15, -0.1) is 22.7 Å². The van der Waals surface area contributed by atoms with Crippen molar-refractivity contribution in [2.75, 3.05) is 0 Å². The van der Waals surface area contributed by atoms with Crippen molar-refractivity contribution in [1.29, 1.82) is 0 Å². The SMILES string of the molecule is Oc1ccc2c(-c3ccsc3-c3ccccc3)c3ccccc3c(-c3ccsc3-c3ccccc3)c2c1O. The highest BCUT2D eigenvalue weighted by atomic mass is 32.1. The lowest BCUT2D eigenvalue weighted by molar-refractivity contribution is 0.408. The molecule has 2 heterocycles. The predicted octanol–water partition coefficient (Wildman–Crippen LogP) is 10.2. The summed E-state index contributed by atoms with van der Waals surface area (Å²) in [5.74, 6) is -0.212. The van der Waals surface area contributed by atoms with E-state index < -0.39 is 0 Å². The van der Waals surface area contributed by atoms with Crippen molar-refractivity contribution in [2.24, 2.45) is 0 Å². The Balaban J connectivity index is 1.64. The molecule has 5 aromatic carbocycles. The second-order valence-electron chi connectivity index (χ2n) is 9.21. The maximum absolute atomic E-state index is 11.4. The van der Waals surface area contributed by atoms with Crippen molar-refractivity contribution in [3.8, 4) is 54.6 Å². The summed E-state index contributed by atoms with van der Waals surface area (Å²) in [6, 6.07) is 37.0. The molecule has 0 aliphatic rings. The van der Waals surface area contributed by atoms with Crippen LogP contribution in [0.1, 0.15) is 0 Å².